The zero-order valence-corrected chi connectivity index (χ0v) is 19.0. The number of carbonyl (C=O) groups excluding carboxylic acids is 1. The van der Waals surface area contributed by atoms with E-state index in [4.69, 9.17) is 21.1 Å². The molecule has 1 heterocycles. The minimum atomic E-state index is -0.242. The van der Waals surface area contributed by atoms with Crippen molar-refractivity contribution in [3.8, 4) is 11.5 Å². The summed E-state index contributed by atoms with van der Waals surface area (Å²) in [5.41, 5.74) is 2.39. The Kier molecular flexibility index (Phi) is 6.90. The van der Waals surface area contributed by atoms with Crippen LogP contribution in [0.25, 0.3) is 10.9 Å². The van der Waals surface area contributed by atoms with Gasteiger partial charge in [-0.2, -0.15) is 4.98 Å². The molecule has 0 aliphatic carbocycles. The lowest BCUT2D eigenvalue weighted by molar-refractivity contribution is 0.102. The standard InChI is InChI=1S/C25H23ClN4O3/c1-3-32-21-15-20(28-24(31)16-10-6-5-7-11-16)22(33-4-2)14-19(21)27-23-17-12-8-9-13-18(17)29-25(26)30-23/h5-15H,3-4H2,1-2H3,(H,28,31)(H,27,29,30). The van der Waals surface area contributed by atoms with Crippen molar-refractivity contribution in [2.24, 2.45) is 0 Å². The van der Waals surface area contributed by atoms with Gasteiger partial charge >= 0.3 is 0 Å². The summed E-state index contributed by atoms with van der Waals surface area (Å²) < 4.78 is 11.7. The van der Waals surface area contributed by atoms with Gasteiger partial charge in [-0.3, -0.25) is 4.79 Å². The summed E-state index contributed by atoms with van der Waals surface area (Å²) in [6, 6.07) is 20.1. The number of ether oxygens (including phenoxy) is 2. The zero-order chi connectivity index (χ0) is 23.2. The van der Waals surface area contributed by atoms with E-state index in [2.05, 4.69) is 20.6 Å². The summed E-state index contributed by atoms with van der Waals surface area (Å²) in [5, 5.41) is 7.16. The SMILES string of the molecule is CCOc1cc(Nc2nc(Cl)nc3ccccc23)c(OCC)cc1NC(=O)c1ccccc1. The summed E-state index contributed by atoms with van der Waals surface area (Å²) in [6.07, 6.45) is 0. The van der Waals surface area contributed by atoms with Crippen LogP contribution in [-0.4, -0.2) is 29.1 Å². The van der Waals surface area contributed by atoms with Crippen molar-refractivity contribution in [1.82, 2.24) is 9.97 Å². The minimum absolute atomic E-state index is 0.130. The van der Waals surface area contributed by atoms with Gasteiger partial charge in [0.25, 0.3) is 5.91 Å². The maximum atomic E-state index is 12.7. The Balaban J connectivity index is 1.74. The first-order chi connectivity index (χ1) is 16.1. The molecule has 0 bridgehead atoms. The fraction of sp³-hybridized carbons (Fsp3) is 0.160. The third-order valence-electron chi connectivity index (χ3n) is 4.79. The van der Waals surface area contributed by atoms with Crippen molar-refractivity contribution in [2.45, 2.75) is 13.8 Å². The number of fused-ring (bicyclic) bond motifs is 1. The number of hydrogen-bond donors (Lipinski definition) is 2. The first-order valence-corrected chi connectivity index (χ1v) is 11.0. The number of anilines is 3. The molecule has 168 valence electrons. The molecule has 0 atom stereocenters. The number of nitrogens with one attached hydrogen (secondary N) is 2. The second-order valence-electron chi connectivity index (χ2n) is 7.01. The Morgan fingerprint density at radius 1 is 0.879 bits per heavy atom. The van der Waals surface area contributed by atoms with Crippen LogP contribution in [0.3, 0.4) is 0 Å². The number of rotatable bonds is 8. The maximum absolute atomic E-state index is 12.7. The average Bonchev–Trinajstić information content (AvgIpc) is 2.82. The third-order valence-corrected chi connectivity index (χ3v) is 4.96. The molecule has 1 amide bonds. The second-order valence-corrected chi connectivity index (χ2v) is 7.35. The minimum Gasteiger partial charge on any atom is -0.492 e. The van der Waals surface area contributed by atoms with Crippen molar-refractivity contribution in [1.29, 1.82) is 0 Å². The van der Waals surface area contributed by atoms with Crippen LogP contribution in [-0.2, 0) is 0 Å². The molecule has 0 spiro atoms. The Hall–Kier alpha value is -3.84. The van der Waals surface area contributed by atoms with Crippen LogP contribution < -0.4 is 20.1 Å². The fourth-order valence-electron chi connectivity index (χ4n) is 3.36. The molecular formula is C25H23ClN4O3. The van der Waals surface area contributed by atoms with Crippen LogP contribution in [0.2, 0.25) is 5.28 Å². The normalized spacial score (nSPS) is 10.6. The predicted molar refractivity (Wildman–Crippen MR) is 131 cm³/mol. The van der Waals surface area contributed by atoms with E-state index in [-0.39, 0.29) is 11.2 Å². The van der Waals surface area contributed by atoms with Crippen LogP contribution in [0.15, 0.2) is 66.7 Å². The number of aromatic nitrogens is 2. The first-order valence-electron chi connectivity index (χ1n) is 10.6. The molecule has 4 rings (SSSR count). The van der Waals surface area contributed by atoms with Gasteiger partial charge in [-0.05, 0) is 49.7 Å². The third kappa shape index (κ3) is 5.15. The number of amides is 1. The van der Waals surface area contributed by atoms with Gasteiger partial charge < -0.3 is 20.1 Å². The summed E-state index contributed by atoms with van der Waals surface area (Å²) in [5.74, 6) is 1.32. The highest BCUT2D eigenvalue weighted by atomic mass is 35.5. The van der Waals surface area contributed by atoms with E-state index in [1.54, 1.807) is 24.3 Å². The van der Waals surface area contributed by atoms with Crippen LogP contribution in [0.4, 0.5) is 17.2 Å². The molecule has 0 fully saturated rings. The number of hydrogen-bond acceptors (Lipinski definition) is 6. The van der Waals surface area contributed by atoms with Gasteiger partial charge in [-0.1, -0.05) is 30.3 Å². The maximum Gasteiger partial charge on any atom is 0.255 e. The zero-order valence-electron chi connectivity index (χ0n) is 18.3. The highest BCUT2D eigenvalue weighted by Crippen LogP contribution is 2.39. The number of para-hydroxylation sites is 1. The Labute approximate surface area is 196 Å². The van der Waals surface area contributed by atoms with Crippen molar-refractivity contribution in [2.75, 3.05) is 23.8 Å². The van der Waals surface area contributed by atoms with Gasteiger partial charge in [-0.25, -0.2) is 4.98 Å². The molecule has 1 aromatic heterocycles. The van der Waals surface area contributed by atoms with Gasteiger partial charge in [0.1, 0.15) is 17.3 Å². The van der Waals surface area contributed by atoms with E-state index < -0.39 is 0 Å². The van der Waals surface area contributed by atoms with E-state index >= 15 is 0 Å². The van der Waals surface area contributed by atoms with Gasteiger partial charge in [-0.15, -0.1) is 0 Å². The largest absolute Gasteiger partial charge is 0.492 e. The number of carbonyl (C=O) groups is 1. The number of halogens is 1. The van der Waals surface area contributed by atoms with Gasteiger partial charge in [0.2, 0.25) is 5.28 Å². The fourth-order valence-corrected chi connectivity index (χ4v) is 3.54. The van der Waals surface area contributed by atoms with Crippen LogP contribution in [0, 0.1) is 0 Å². The lowest BCUT2D eigenvalue weighted by Gasteiger charge is -2.18. The van der Waals surface area contributed by atoms with E-state index in [1.165, 1.54) is 0 Å². The molecule has 33 heavy (non-hydrogen) atoms. The van der Waals surface area contributed by atoms with Crippen molar-refractivity contribution in [3.63, 3.8) is 0 Å². The Morgan fingerprint density at radius 3 is 2.24 bits per heavy atom. The first kappa shape index (κ1) is 22.4. The van der Waals surface area contributed by atoms with Crippen molar-refractivity contribution >= 4 is 45.6 Å². The number of benzene rings is 3. The average molecular weight is 463 g/mol. The lowest BCUT2D eigenvalue weighted by atomic mass is 10.2. The highest BCUT2D eigenvalue weighted by molar-refractivity contribution is 6.28. The van der Waals surface area contributed by atoms with Gasteiger partial charge in [0, 0.05) is 23.1 Å². The monoisotopic (exact) mass is 462 g/mol. The molecule has 3 aromatic carbocycles. The molecular weight excluding hydrogens is 440 g/mol. The molecule has 0 saturated heterocycles. The quantitative estimate of drug-likeness (QED) is 0.309. The van der Waals surface area contributed by atoms with Crippen LogP contribution in [0.1, 0.15) is 24.2 Å². The molecule has 0 aliphatic rings. The van der Waals surface area contributed by atoms with E-state index in [9.17, 15) is 4.79 Å². The van der Waals surface area contributed by atoms with Crippen LogP contribution in [0.5, 0.6) is 11.5 Å². The van der Waals surface area contributed by atoms with Crippen molar-refractivity contribution in [3.05, 3.63) is 77.6 Å². The molecule has 7 nitrogen and oxygen atoms in total. The topological polar surface area (TPSA) is 85.4 Å². The van der Waals surface area contributed by atoms with Gasteiger partial charge in [0.15, 0.2) is 0 Å². The van der Waals surface area contributed by atoms with Crippen LogP contribution >= 0.6 is 11.6 Å². The summed E-state index contributed by atoms with van der Waals surface area (Å²) in [7, 11) is 0. The second kappa shape index (κ2) is 10.2. The smallest absolute Gasteiger partial charge is 0.255 e. The van der Waals surface area contributed by atoms with Gasteiger partial charge in [0.05, 0.1) is 30.1 Å². The van der Waals surface area contributed by atoms with Crippen molar-refractivity contribution < 1.29 is 14.3 Å². The molecule has 0 unspecified atom stereocenters. The molecule has 0 saturated carbocycles. The summed E-state index contributed by atoms with van der Waals surface area (Å²) in [4.78, 5) is 21.4. The molecule has 0 aliphatic heterocycles. The summed E-state index contributed by atoms with van der Waals surface area (Å²) >= 11 is 6.15. The highest BCUT2D eigenvalue weighted by Gasteiger charge is 2.17. The van der Waals surface area contributed by atoms with E-state index in [0.717, 1.165) is 10.9 Å². The Bertz CT molecular complexity index is 1280. The van der Waals surface area contributed by atoms with E-state index in [1.807, 2.05) is 56.3 Å². The Morgan fingerprint density at radius 2 is 1.52 bits per heavy atom. The molecule has 4 aromatic rings. The molecule has 2 N–H and O–H groups in total. The summed E-state index contributed by atoms with van der Waals surface area (Å²) in [6.45, 7) is 4.62. The number of nitrogens with zero attached hydrogens (tertiary/aromatic N) is 2. The van der Waals surface area contributed by atoms with E-state index in [0.29, 0.717) is 47.5 Å². The molecule has 0 radical (unpaired) electrons. The predicted octanol–water partition coefficient (Wildman–Crippen LogP) is 6.08. The lowest BCUT2D eigenvalue weighted by Crippen LogP contribution is -2.13. The molecule has 8 heteroatoms.